The first-order chi connectivity index (χ1) is 11.6. The van der Waals surface area contributed by atoms with E-state index in [9.17, 15) is 10.1 Å². The number of ketones is 1. The molecule has 0 spiro atoms. The lowest BCUT2D eigenvalue weighted by molar-refractivity contribution is -0.116. The van der Waals surface area contributed by atoms with Gasteiger partial charge in [-0.05, 0) is 30.5 Å². The Morgan fingerprint density at radius 3 is 2.88 bits per heavy atom. The number of rotatable bonds is 1. The van der Waals surface area contributed by atoms with Gasteiger partial charge in [-0.15, -0.1) is 0 Å². The van der Waals surface area contributed by atoms with Crippen LogP contribution in [-0.2, 0) is 4.79 Å². The van der Waals surface area contributed by atoms with Crippen LogP contribution in [0.2, 0.25) is 10.0 Å². The summed E-state index contributed by atoms with van der Waals surface area (Å²) in [5, 5.41) is 17.7. The summed E-state index contributed by atoms with van der Waals surface area (Å²) in [6.45, 7) is 0. The summed E-state index contributed by atoms with van der Waals surface area (Å²) in [6.07, 6.45) is 3.60. The molecule has 5 nitrogen and oxygen atoms in total. The number of fused-ring (bicyclic) bond motifs is 1. The van der Waals surface area contributed by atoms with E-state index in [1.165, 1.54) is 6.20 Å². The molecule has 1 aliphatic carbocycles. The van der Waals surface area contributed by atoms with Gasteiger partial charge in [0.05, 0.1) is 16.2 Å². The van der Waals surface area contributed by atoms with Crippen LogP contribution in [-0.4, -0.2) is 15.6 Å². The third kappa shape index (κ3) is 2.22. The Bertz CT molecular complexity index is 939. The monoisotopic (exact) mass is 358 g/mol. The minimum absolute atomic E-state index is 0.0967. The van der Waals surface area contributed by atoms with Crippen molar-refractivity contribution in [1.29, 1.82) is 5.26 Å². The molecule has 0 saturated heterocycles. The van der Waals surface area contributed by atoms with Crippen molar-refractivity contribution in [2.24, 2.45) is 0 Å². The van der Waals surface area contributed by atoms with Crippen LogP contribution in [0.4, 0.5) is 5.82 Å². The molecule has 2 heterocycles. The maximum atomic E-state index is 12.6. The van der Waals surface area contributed by atoms with Crippen LogP contribution in [0, 0.1) is 11.3 Å². The molecular formula is C17H12Cl2N4O. The fourth-order valence-electron chi connectivity index (χ4n) is 3.33. The number of halogens is 2. The smallest absolute Gasteiger partial charge is 0.163 e. The zero-order valence-electron chi connectivity index (χ0n) is 12.5. The second-order valence-electron chi connectivity index (χ2n) is 5.83. The molecule has 7 heteroatoms. The van der Waals surface area contributed by atoms with Crippen LogP contribution in [0.3, 0.4) is 0 Å². The van der Waals surface area contributed by atoms with E-state index in [4.69, 9.17) is 23.2 Å². The molecule has 1 aliphatic heterocycles. The third-order valence-electron chi connectivity index (χ3n) is 4.42. The van der Waals surface area contributed by atoms with E-state index >= 15 is 0 Å². The fourth-order valence-corrected chi connectivity index (χ4v) is 3.64. The van der Waals surface area contributed by atoms with Crippen molar-refractivity contribution < 1.29 is 4.79 Å². The lowest BCUT2D eigenvalue weighted by atomic mass is 9.85. The first kappa shape index (κ1) is 15.3. The topological polar surface area (TPSA) is 70.7 Å². The van der Waals surface area contributed by atoms with Crippen molar-refractivity contribution in [2.45, 2.75) is 25.3 Å². The summed E-state index contributed by atoms with van der Waals surface area (Å²) in [5.41, 5.74) is 2.83. The molecule has 0 fully saturated rings. The van der Waals surface area contributed by atoms with Crippen molar-refractivity contribution in [3.8, 4) is 6.07 Å². The number of anilines is 1. The predicted octanol–water partition coefficient (Wildman–Crippen LogP) is 4.08. The molecule has 1 atom stereocenters. The standard InChI is InChI=1S/C17H12Cl2N4O/c18-11-5-4-9(6-12(11)19)16-15-13(2-1-3-14(15)24)22-17-10(7-20)8-21-23(16)17/h4-6,8,16,22H,1-3H2. The number of aromatic nitrogens is 2. The van der Waals surface area contributed by atoms with Crippen LogP contribution in [0.1, 0.15) is 36.4 Å². The van der Waals surface area contributed by atoms with Gasteiger partial charge in [0.15, 0.2) is 5.78 Å². The Balaban J connectivity index is 1.95. The highest BCUT2D eigenvalue weighted by Crippen LogP contribution is 2.42. The molecule has 0 saturated carbocycles. The van der Waals surface area contributed by atoms with Crippen molar-refractivity contribution in [1.82, 2.24) is 9.78 Å². The van der Waals surface area contributed by atoms with Crippen LogP contribution < -0.4 is 5.32 Å². The van der Waals surface area contributed by atoms with E-state index in [-0.39, 0.29) is 5.78 Å². The number of Topliss-reactive ketones (excluding diaryl/α,β-unsaturated/α-hetero) is 1. The zero-order valence-corrected chi connectivity index (χ0v) is 14.0. The molecule has 1 aromatic carbocycles. The molecule has 1 aromatic heterocycles. The van der Waals surface area contributed by atoms with E-state index in [1.807, 2.05) is 6.07 Å². The Morgan fingerprint density at radius 2 is 2.12 bits per heavy atom. The van der Waals surface area contributed by atoms with Crippen molar-refractivity contribution in [2.75, 3.05) is 5.32 Å². The maximum Gasteiger partial charge on any atom is 0.163 e. The van der Waals surface area contributed by atoms with Gasteiger partial charge in [0.2, 0.25) is 0 Å². The molecule has 2 aliphatic rings. The Labute approximate surface area is 148 Å². The van der Waals surface area contributed by atoms with Crippen LogP contribution >= 0.6 is 23.2 Å². The summed E-state index contributed by atoms with van der Waals surface area (Å²) in [6, 6.07) is 7.04. The second-order valence-corrected chi connectivity index (χ2v) is 6.65. The number of allylic oxidation sites excluding steroid dienone is 2. The molecule has 1 unspecified atom stereocenters. The lowest BCUT2D eigenvalue weighted by Crippen LogP contribution is -2.31. The average Bonchev–Trinajstić information content (AvgIpc) is 2.98. The lowest BCUT2D eigenvalue weighted by Gasteiger charge is -2.33. The zero-order chi connectivity index (χ0) is 16.8. The molecule has 4 rings (SSSR count). The quantitative estimate of drug-likeness (QED) is 0.833. The van der Waals surface area contributed by atoms with E-state index < -0.39 is 6.04 Å². The van der Waals surface area contributed by atoms with Crippen LogP contribution in [0.5, 0.6) is 0 Å². The van der Waals surface area contributed by atoms with Crippen molar-refractivity contribution in [3.63, 3.8) is 0 Å². The maximum absolute atomic E-state index is 12.6. The second kappa shape index (κ2) is 5.66. The highest BCUT2D eigenvalue weighted by atomic mass is 35.5. The largest absolute Gasteiger partial charge is 0.342 e. The third-order valence-corrected chi connectivity index (χ3v) is 5.16. The highest BCUT2D eigenvalue weighted by Gasteiger charge is 2.36. The number of hydrogen-bond donors (Lipinski definition) is 1. The van der Waals surface area contributed by atoms with E-state index in [1.54, 1.807) is 16.8 Å². The minimum atomic E-state index is -0.402. The number of nitrogens with one attached hydrogen (secondary N) is 1. The molecule has 2 aromatic rings. The number of carbonyl (C=O) groups excluding carboxylic acids is 1. The number of benzene rings is 1. The van der Waals surface area contributed by atoms with Gasteiger partial charge in [-0.1, -0.05) is 29.3 Å². The predicted molar refractivity (Wildman–Crippen MR) is 91.0 cm³/mol. The number of nitriles is 1. The summed E-state index contributed by atoms with van der Waals surface area (Å²) >= 11 is 12.2. The van der Waals surface area contributed by atoms with Gasteiger partial charge in [-0.3, -0.25) is 4.79 Å². The first-order valence-corrected chi connectivity index (χ1v) is 8.31. The average molecular weight is 359 g/mol. The number of nitrogens with zero attached hydrogens (tertiary/aromatic N) is 3. The van der Waals surface area contributed by atoms with E-state index in [0.29, 0.717) is 33.4 Å². The molecular weight excluding hydrogens is 347 g/mol. The Hall–Kier alpha value is -2.29. The van der Waals surface area contributed by atoms with E-state index in [2.05, 4.69) is 16.5 Å². The summed E-state index contributed by atoms with van der Waals surface area (Å²) in [7, 11) is 0. The van der Waals surface area contributed by atoms with Gasteiger partial charge in [0, 0.05) is 17.7 Å². The van der Waals surface area contributed by atoms with Gasteiger partial charge >= 0.3 is 0 Å². The first-order valence-electron chi connectivity index (χ1n) is 7.56. The summed E-state index contributed by atoms with van der Waals surface area (Å²) in [4.78, 5) is 12.6. The van der Waals surface area contributed by atoms with Gasteiger partial charge in [0.25, 0.3) is 0 Å². The Morgan fingerprint density at radius 1 is 1.29 bits per heavy atom. The molecule has 24 heavy (non-hydrogen) atoms. The minimum Gasteiger partial charge on any atom is -0.342 e. The molecule has 0 bridgehead atoms. The normalized spacial score (nSPS) is 19.4. The van der Waals surface area contributed by atoms with Gasteiger partial charge < -0.3 is 5.32 Å². The molecule has 0 radical (unpaired) electrons. The number of hydrogen-bond acceptors (Lipinski definition) is 4. The number of carbonyl (C=O) groups is 1. The highest BCUT2D eigenvalue weighted by molar-refractivity contribution is 6.42. The summed E-state index contributed by atoms with van der Waals surface area (Å²) < 4.78 is 1.68. The molecule has 1 N–H and O–H groups in total. The summed E-state index contributed by atoms with van der Waals surface area (Å²) in [5.74, 6) is 0.710. The molecule has 120 valence electrons. The van der Waals surface area contributed by atoms with Crippen LogP contribution in [0.25, 0.3) is 0 Å². The molecule has 0 amide bonds. The van der Waals surface area contributed by atoms with Crippen molar-refractivity contribution in [3.05, 3.63) is 56.8 Å². The van der Waals surface area contributed by atoms with E-state index in [0.717, 1.165) is 24.1 Å². The van der Waals surface area contributed by atoms with Crippen molar-refractivity contribution >= 4 is 34.8 Å². The van der Waals surface area contributed by atoms with Crippen LogP contribution in [0.15, 0.2) is 35.7 Å². The fraction of sp³-hybridized carbons (Fsp3) is 0.235. The van der Waals surface area contributed by atoms with Gasteiger partial charge in [0.1, 0.15) is 23.5 Å². The Kier molecular flexibility index (Phi) is 3.60. The SMILES string of the molecule is N#Cc1cnn2c1NC1=C(C(=O)CCC1)C2c1ccc(Cl)c(Cl)c1. The van der Waals surface area contributed by atoms with Gasteiger partial charge in [-0.25, -0.2) is 4.68 Å². The van der Waals surface area contributed by atoms with Gasteiger partial charge in [-0.2, -0.15) is 10.4 Å².